The number of amides is 1. The molecule has 0 saturated carbocycles. The van der Waals surface area contributed by atoms with Crippen LogP contribution in [0.1, 0.15) is 23.4 Å². The number of nitrogens with two attached hydrogens (primary N) is 1. The molecule has 0 aromatic carbocycles. The number of halogens is 2. The molecule has 2 rings (SSSR count). The van der Waals surface area contributed by atoms with E-state index in [1.54, 1.807) is 11.3 Å². The second-order valence-electron chi connectivity index (χ2n) is 5.33. The maximum atomic E-state index is 12.0. The number of hydrogen-bond donors (Lipinski definition) is 2. The van der Waals surface area contributed by atoms with Gasteiger partial charge in [-0.3, -0.25) is 4.79 Å². The van der Waals surface area contributed by atoms with Gasteiger partial charge in [-0.15, -0.1) is 36.2 Å². The van der Waals surface area contributed by atoms with Crippen molar-refractivity contribution in [2.24, 2.45) is 11.7 Å². The van der Waals surface area contributed by atoms with E-state index in [9.17, 15) is 4.79 Å². The normalized spacial score (nSPS) is 18.2. The van der Waals surface area contributed by atoms with Crippen LogP contribution >= 0.6 is 36.2 Å². The van der Waals surface area contributed by atoms with Crippen LogP contribution in [0.15, 0.2) is 5.51 Å². The van der Waals surface area contributed by atoms with Crippen LogP contribution in [0.25, 0.3) is 0 Å². The summed E-state index contributed by atoms with van der Waals surface area (Å²) >= 11 is 1.73. The maximum absolute atomic E-state index is 12.0. The minimum absolute atomic E-state index is 0. The second kappa shape index (κ2) is 11.2. The summed E-state index contributed by atoms with van der Waals surface area (Å²) in [6.45, 7) is 6.13. The number of rotatable bonds is 6. The average Bonchev–Trinajstić information content (AvgIpc) is 2.88. The van der Waals surface area contributed by atoms with Crippen molar-refractivity contribution >= 4 is 42.1 Å². The van der Waals surface area contributed by atoms with Gasteiger partial charge in [-0.25, -0.2) is 4.98 Å². The van der Waals surface area contributed by atoms with Crippen molar-refractivity contribution in [3.63, 3.8) is 0 Å². The number of carbonyl (C=O) groups excluding carboxylic acids is 1. The Hall–Kier alpha value is -0.400. The van der Waals surface area contributed by atoms with Crippen molar-refractivity contribution < 1.29 is 4.79 Å². The fourth-order valence-corrected chi connectivity index (χ4v) is 3.41. The molecule has 3 N–H and O–H groups in total. The second-order valence-corrected chi connectivity index (χ2v) is 6.27. The molecule has 2 heterocycles. The molecule has 0 spiro atoms. The summed E-state index contributed by atoms with van der Waals surface area (Å²) in [4.78, 5) is 20.0. The fourth-order valence-electron chi connectivity index (χ4n) is 2.64. The van der Waals surface area contributed by atoms with E-state index in [1.165, 1.54) is 4.88 Å². The molecule has 0 aliphatic carbocycles. The predicted octanol–water partition coefficient (Wildman–Crippen LogP) is 1.62. The third-order valence-electron chi connectivity index (χ3n) is 3.82. The van der Waals surface area contributed by atoms with Crippen molar-refractivity contribution in [2.75, 3.05) is 32.7 Å². The number of thiazole rings is 1. The first kappa shape index (κ1) is 21.6. The van der Waals surface area contributed by atoms with Gasteiger partial charge in [0, 0.05) is 31.1 Å². The number of hydrogen-bond acceptors (Lipinski definition) is 5. The summed E-state index contributed by atoms with van der Waals surface area (Å²) in [5.41, 5.74) is 8.47. The van der Waals surface area contributed by atoms with Crippen LogP contribution in [0.4, 0.5) is 0 Å². The predicted molar refractivity (Wildman–Crippen MR) is 96.3 cm³/mol. The highest BCUT2D eigenvalue weighted by Crippen LogP contribution is 2.18. The minimum atomic E-state index is 0. The number of aromatic nitrogens is 1. The zero-order valence-electron chi connectivity index (χ0n) is 12.9. The Bertz CT molecular complexity index is 444. The Balaban J connectivity index is 0.00000220. The molecule has 22 heavy (non-hydrogen) atoms. The molecule has 1 aliphatic heterocycles. The molecule has 1 aromatic heterocycles. The number of aryl methyl sites for hydroxylation is 1. The van der Waals surface area contributed by atoms with Gasteiger partial charge < -0.3 is 16.0 Å². The van der Waals surface area contributed by atoms with Crippen LogP contribution in [0.3, 0.4) is 0 Å². The number of nitrogens with zero attached hydrogens (tertiary/aromatic N) is 2. The Kier molecular flexibility index (Phi) is 11.0. The fraction of sp³-hybridized carbons (Fsp3) is 0.714. The van der Waals surface area contributed by atoms with Gasteiger partial charge in [0.25, 0.3) is 0 Å². The molecule has 5 nitrogen and oxygen atoms in total. The Morgan fingerprint density at radius 3 is 2.95 bits per heavy atom. The highest BCUT2D eigenvalue weighted by atomic mass is 35.5. The molecule has 1 amide bonds. The number of nitrogens with one attached hydrogen (secondary N) is 1. The van der Waals surface area contributed by atoms with Gasteiger partial charge in [-0.1, -0.05) is 0 Å². The molecule has 128 valence electrons. The van der Waals surface area contributed by atoms with Crippen molar-refractivity contribution in [1.82, 2.24) is 15.2 Å². The molecule has 1 aromatic rings. The van der Waals surface area contributed by atoms with Crippen LogP contribution in [0, 0.1) is 12.8 Å². The quantitative estimate of drug-likeness (QED) is 0.800. The summed E-state index contributed by atoms with van der Waals surface area (Å²) in [5, 5.41) is 2.90. The third kappa shape index (κ3) is 6.38. The summed E-state index contributed by atoms with van der Waals surface area (Å²) in [6, 6.07) is 0. The largest absolute Gasteiger partial charge is 0.355 e. The first-order valence-electron chi connectivity index (χ1n) is 7.29. The first-order valence-corrected chi connectivity index (χ1v) is 8.17. The van der Waals surface area contributed by atoms with Gasteiger partial charge in [0.2, 0.25) is 5.91 Å². The van der Waals surface area contributed by atoms with Gasteiger partial charge in [0.05, 0.1) is 17.1 Å². The van der Waals surface area contributed by atoms with E-state index in [-0.39, 0.29) is 36.6 Å². The molecule has 0 bridgehead atoms. The van der Waals surface area contributed by atoms with Crippen LogP contribution < -0.4 is 11.1 Å². The van der Waals surface area contributed by atoms with E-state index in [1.807, 2.05) is 5.51 Å². The van der Waals surface area contributed by atoms with E-state index < -0.39 is 0 Å². The van der Waals surface area contributed by atoms with E-state index in [2.05, 4.69) is 22.1 Å². The Morgan fingerprint density at radius 2 is 2.32 bits per heavy atom. The number of carbonyl (C=O) groups is 1. The highest BCUT2D eigenvalue weighted by molar-refractivity contribution is 7.09. The number of likely N-dealkylation sites (tertiary alicyclic amines) is 1. The van der Waals surface area contributed by atoms with Crippen LogP contribution in [-0.4, -0.2) is 48.5 Å². The molecular weight excluding hydrogens is 343 g/mol. The molecule has 1 aliphatic rings. The molecule has 1 unspecified atom stereocenters. The van der Waals surface area contributed by atoms with Crippen molar-refractivity contribution in [2.45, 2.75) is 26.2 Å². The van der Waals surface area contributed by atoms with Crippen molar-refractivity contribution in [3.05, 3.63) is 16.1 Å². The average molecular weight is 369 g/mol. The van der Waals surface area contributed by atoms with Gasteiger partial charge in [0.15, 0.2) is 0 Å². The number of piperidine rings is 1. The van der Waals surface area contributed by atoms with Crippen LogP contribution in [0.5, 0.6) is 0 Å². The lowest BCUT2D eigenvalue weighted by atomic mass is 9.97. The monoisotopic (exact) mass is 368 g/mol. The molecule has 0 radical (unpaired) electrons. The lowest BCUT2D eigenvalue weighted by Gasteiger charge is -2.31. The topological polar surface area (TPSA) is 71.2 Å². The smallest absolute Gasteiger partial charge is 0.224 e. The highest BCUT2D eigenvalue weighted by Gasteiger charge is 2.25. The molecule has 8 heteroatoms. The zero-order valence-corrected chi connectivity index (χ0v) is 15.4. The lowest BCUT2D eigenvalue weighted by Crippen LogP contribution is -2.44. The van der Waals surface area contributed by atoms with E-state index in [0.29, 0.717) is 13.1 Å². The van der Waals surface area contributed by atoms with Crippen LogP contribution in [0.2, 0.25) is 0 Å². The summed E-state index contributed by atoms with van der Waals surface area (Å²) in [7, 11) is 0. The summed E-state index contributed by atoms with van der Waals surface area (Å²) < 4.78 is 0. The minimum Gasteiger partial charge on any atom is -0.355 e. The van der Waals surface area contributed by atoms with Crippen molar-refractivity contribution in [3.8, 4) is 0 Å². The van der Waals surface area contributed by atoms with Crippen molar-refractivity contribution in [1.29, 1.82) is 0 Å². The zero-order chi connectivity index (χ0) is 14.4. The molecule has 1 atom stereocenters. The standard InChI is InChI=1S/C14H24N4OS.2ClH/c1-11-13(20-10-17-11)4-8-18-7-2-3-12(9-18)14(19)16-6-5-15;;/h10,12H,2-9,15H2,1H3,(H,16,19);2*1H. The molecule has 1 fully saturated rings. The third-order valence-corrected chi connectivity index (χ3v) is 4.81. The van der Waals surface area contributed by atoms with E-state index >= 15 is 0 Å². The van der Waals surface area contributed by atoms with Gasteiger partial charge in [-0.2, -0.15) is 0 Å². The molecule has 1 saturated heterocycles. The maximum Gasteiger partial charge on any atom is 0.224 e. The van der Waals surface area contributed by atoms with E-state index in [4.69, 9.17) is 5.73 Å². The van der Waals surface area contributed by atoms with Gasteiger partial charge >= 0.3 is 0 Å². The summed E-state index contributed by atoms with van der Waals surface area (Å²) in [6.07, 6.45) is 3.13. The first-order chi connectivity index (χ1) is 9.70. The molecular formula is C14H26Cl2N4OS. The van der Waals surface area contributed by atoms with Crippen LogP contribution in [-0.2, 0) is 11.2 Å². The SMILES string of the molecule is Cc1ncsc1CCN1CCCC(C(=O)NCCN)C1.Cl.Cl. The Morgan fingerprint density at radius 1 is 1.55 bits per heavy atom. The van der Waals surface area contributed by atoms with E-state index in [0.717, 1.165) is 44.6 Å². The lowest BCUT2D eigenvalue weighted by molar-refractivity contribution is -0.126. The summed E-state index contributed by atoms with van der Waals surface area (Å²) in [5.74, 6) is 0.284. The Labute approximate surface area is 148 Å². The van der Waals surface area contributed by atoms with Gasteiger partial charge in [0.1, 0.15) is 0 Å². The van der Waals surface area contributed by atoms with Gasteiger partial charge in [-0.05, 0) is 32.7 Å².